The quantitative estimate of drug-likeness (QED) is 0.292. The summed E-state index contributed by atoms with van der Waals surface area (Å²) in [4.78, 5) is 47.1. The molecular weight excluding hydrogens is 436 g/mol. The Labute approximate surface area is 199 Å². The highest BCUT2D eigenvalue weighted by Gasteiger charge is 2.22. The zero-order chi connectivity index (χ0) is 24.8. The first-order chi connectivity index (χ1) is 16.4. The third-order valence-corrected chi connectivity index (χ3v) is 5.43. The number of hydrogen-bond donors (Lipinski definition) is 4. The Hall–Kier alpha value is -3.68. The molecule has 182 valence electrons. The van der Waals surface area contributed by atoms with E-state index in [-0.39, 0.29) is 24.7 Å². The van der Waals surface area contributed by atoms with Crippen molar-refractivity contribution in [2.45, 2.75) is 63.5 Å². The number of carbonyl (C=O) groups is 4. The first kappa shape index (κ1) is 26.6. The molecule has 2 amide bonds. The van der Waals surface area contributed by atoms with Crippen LogP contribution in [0.4, 0.5) is 0 Å². The minimum Gasteiger partial charge on any atom is -0.479 e. The van der Waals surface area contributed by atoms with Crippen LogP contribution in [0.3, 0.4) is 0 Å². The van der Waals surface area contributed by atoms with Crippen LogP contribution >= 0.6 is 0 Å². The minimum absolute atomic E-state index is 0.259. The second-order valence-electron chi connectivity index (χ2n) is 8.12. The molecule has 0 saturated carbocycles. The number of rotatable bonds is 15. The lowest BCUT2D eigenvalue weighted by atomic mass is 10.1. The number of benzene rings is 2. The SMILES string of the molecule is O=C(CCCCCCCCC(=O)N[C@@H](C(=O)O)c1ccccc1)N[C@H](C(=O)O)c1ccccc1. The van der Waals surface area contributed by atoms with E-state index in [4.69, 9.17) is 0 Å². The summed E-state index contributed by atoms with van der Waals surface area (Å²) < 4.78 is 0. The second kappa shape index (κ2) is 14.5. The fourth-order valence-corrected chi connectivity index (χ4v) is 3.61. The number of carbonyl (C=O) groups excluding carboxylic acids is 2. The minimum atomic E-state index is -1.10. The maximum atomic E-state index is 12.1. The number of unbranched alkanes of at least 4 members (excludes halogenated alkanes) is 5. The van der Waals surface area contributed by atoms with Crippen molar-refractivity contribution in [1.29, 1.82) is 0 Å². The Bertz CT molecular complexity index is 855. The molecule has 0 aliphatic rings. The lowest BCUT2D eigenvalue weighted by Crippen LogP contribution is -2.33. The number of nitrogens with one attached hydrogen (secondary N) is 2. The monoisotopic (exact) mass is 468 g/mol. The Morgan fingerprint density at radius 2 is 0.882 bits per heavy atom. The highest BCUT2D eigenvalue weighted by molar-refractivity contribution is 5.85. The van der Waals surface area contributed by atoms with E-state index < -0.39 is 24.0 Å². The van der Waals surface area contributed by atoms with Gasteiger partial charge in [-0.3, -0.25) is 9.59 Å². The Kier molecular flexibility index (Phi) is 11.3. The number of hydrogen-bond acceptors (Lipinski definition) is 4. The second-order valence-corrected chi connectivity index (χ2v) is 8.12. The van der Waals surface area contributed by atoms with Crippen LogP contribution in [0.5, 0.6) is 0 Å². The van der Waals surface area contributed by atoms with E-state index in [0.717, 1.165) is 25.7 Å². The molecule has 0 heterocycles. The summed E-state index contributed by atoms with van der Waals surface area (Å²) in [6.07, 6.45) is 5.30. The van der Waals surface area contributed by atoms with Crippen molar-refractivity contribution in [3.63, 3.8) is 0 Å². The molecule has 8 heteroatoms. The summed E-state index contributed by atoms with van der Waals surface area (Å²) in [5.74, 6) is -2.78. The normalized spacial score (nSPS) is 12.4. The lowest BCUT2D eigenvalue weighted by molar-refractivity contribution is -0.142. The molecule has 0 aliphatic heterocycles. The van der Waals surface area contributed by atoms with Crippen LogP contribution < -0.4 is 10.6 Å². The molecule has 0 fully saturated rings. The predicted octanol–water partition coefficient (Wildman–Crippen LogP) is 3.99. The van der Waals surface area contributed by atoms with Gasteiger partial charge in [-0.15, -0.1) is 0 Å². The van der Waals surface area contributed by atoms with Gasteiger partial charge in [0, 0.05) is 12.8 Å². The van der Waals surface area contributed by atoms with Gasteiger partial charge in [0.05, 0.1) is 0 Å². The Morgan fingerprint density at radius 3 is 1.21 bits per heavy atom. The molecule has 0 aromatic heterocycles. The van der Waals surface area contributed by atoms with Crippen molar-refractivity contribution in [2.24, 2.45) is 0 Å². The molecule has 2 aromatic rings. The zero-order valence-electron chi connectivity index (χ0n) is 19.1. The van der Waals surface area contributed by atoms with Gasteiger partial charge >= 0.3 is 11.9 Å². The van der Waals surface area contributed by atoms with E-state index in [1.165, 1.54) is 0 Å². The maximum Gasteiger partial charge on any atom is 0.330 e. The standard InChI is InChI=1S/C26H32N2O6/c29-21(27-23(25(31)32)19-13-7-5-8-14-19)17-11-3-1-2-4-12-18-22(30)28-24(26(33)34)20-15-9-6-10-16-20/h5-10,13-16,23-24H,1-4,11-12,17-18H2,(H,27,29)(H,28,30)(H,31,32)(H,33,34)/t23-,24+. The van der Waals surface area contributed by atoms with Crippen molar-refractivity contribution < 1.29 is 29.4 Å². The topological polar surface area (TPSA) is 133 Å². The van der Waals surface area contributed by atoms with E-state index in [2.05, 4.69) is 10.6 Å². The number of aliphatic carboxylic acids is 2. The first-order valence-corrected chi connectivity index (χ1v) is 11.5. The summed E-state index contributed by atoms with van der Waals surface area (Å²) in [5.41, 5.74) is 1.07. The Morgan fingerprint density at radius 1 is 0.559 bits per heavy atom. The van der Waals surface area contributed by atoms with Crippen LogP contribution in [0.2, 0.25) is 0 Å². The summed E-state index contributed by atoms with van der Waals surface area (Å²) >= 11 is 0. The third kappa shape index (κ3) is 9.44. The van der Waals surface area contributed by atoms with Gasteiger partial charge in [0.15, 0.2) is 12.1 Å². The molecule has 0 aliphatic carbocycles. The van der Waals surface area contributed by atoms with Gasteiger partial charge in [0.25, 0.3) is 0 Å². The molecule has 0 spiro atoms. The van der Waals surface area contributed by atoms with Gasteiger partial charge < -0.3 is 20.8 Å². The van der Waals surface area contributed by atoms with Crippen molar-refractivity contribution in [1.82, 2.24) is 10.6 Å². The Balaban J connectivity index is 1.57. The fourth-order valence-electron chi connectivity index (χ4n) is 3.61. The average Bonchev–Trinajstić information content (AvgIpc) is 2.83. The van der Waals surface area contributed by atoms with Gasteiger partial charge in [-0.05, 0) is 24.0 Å². The zero-order valence-corrected chi connectivity index (χ0v) is 19.1. The lowest BCUT2D eigenvalue weighted by Gasteiger charge is -2.15. The van der Waals surface area contributed by atoms with Crippen LogP contribution in [0.15, 0.2) is 60.7 Å². The van der Waals surface area contributed by atoms with Crippen molar-refractivity contribution in [3.05, 3.63) is 71.8 Å². The van der Waals surface area contributed by atoms with Crippen LogP contribution in [0.1, 0.15) is 74.6 Å². The number of carboxylic acid groups (broad SMARTS) is 2. The van der Waals surface area contributed by atoms with Crippen LogP contribution in [-0.2, 0) is 19.2 Å². The van der Waals surface area contributed by atoms with Crippen LogP contribution in [0.25, 0.3) is 0 Å². The molecule has 8 nitrogen and oxygen atoms in total. The molecule has 2 atom stereocenters. The molecule has 34 heavy (non-hydrogen) atoms. The predicted molar refractivity (Wildman–Crippen MR) is 127 cm³/mol. The van der Waals surface area contributed by atoms with E-state index in [9.17, 15) is 29.4 Å². The third-order valence-electron chi connectivity index (χ3n) is 5.43. The molecular formula is C26H32N2O6. The summed E-state index contributed by atoms with van der Waals surface area (Å²) in [5, 5.41) is 23.9. The first-order valence-electron chi connectivity index (χ1n) is 11.5. The molecule has 0 saturated heterocycles. The van der Waals surface area contributed by atoms with Crippen LogP contribution in [-0.4, -0.2) is 34.0 Å². The molecule has 2 rings (SSSR count). The van der Waals surface area contributed by atoms with Gasteiger partial charge in [0.1, 0.15) is 0 Å². The maximum absolute atomic E-state index is 12.1. The van der Waals surface area contributed by atoms with Crippen molar-refractivity contribution in [2.75, 3.05) is 0 Å². The van der Waals surface area contributed by atoms with Crippen molar-refractivity contribution in [3.8, 4) is 0 Å². The van der Waals surface area contributed by atoms with Crippen molar-refractivity contribution >= 4 is 23.8 Å². The van der Waals surface area contributed by atoms with Gasteiger partial charge in [-0.2, -0.15) is 0 Å². The van der Waals surface area contributed by atoms with Gasteiger partial charge in [0.2, 0.25) is 11.8 Å². The molecule has 2 aromatic carbocycles. The van der Waals surface area contributed by atoms with E-state index in [1.807, 2.05) is 0 Å². The average molecular weight is 469 g/mol. The van der Waals surface area contributed by atoms with E-state index in [0.29, 0.717) is 24.0 Å². The van der Waals surface area contributed by atoms with Crippen LogP contribution in [0, 0.1) is 0 Å². The fraction of sp³-hybridized carbons (Fsp3) is 0.385. The van der Waals surface area contributed by atoms with Gasteiger partial charge in [-0.25, -0.2) is 9.59 Å². The molecule has 0 bridgehead atoms. The summed E-state index contributed by atoms with van der Waals surface area (Å²) in [6.45, 7) is 0. The highest BCUT2D eigenvalue weighted by Crippen LogP contribution is 2.15. The summed E-state index contributed by atoms with van der Waals surface area (Å²) in [7, 11) is 0. The molecule has 0 unspecified atom stereocenters. The highest BCUT2D eigenvalue weighted by atomic mass is 16.4. The number of carboxylic acids is 2. The van der Waals surface area contributed by atoms with E-state index >= 15 is 0 Å². The van der Waals surface area contributed by atoms with Gasteiger partial charge in [-0.1, -0.05) is 86.3 Å². The number of amides is 2. The van der Waals surface area contributed by atoms with E-state index in [1.54, 1.807) is 60.7 Å². The summed E-state index contributed by atoms with van der Waals surface area (Å²) in [6, 6.07) is 15.1. The largest absolute Gasteiger partial charge is 0.479 e. The molecule has 0 radical (unpaired) electrons. The molecule has 4 N–H and O–H groups in total. The smallest absolute Gasteiger partial charge is 0.330 e.